The van der Waals surface area contributed by atoms with E-state index in [1.807, 2.05) is 6.92 Å². The third-order valence-corrected chi connectivity index (χ3v) is 3.77. The van der Waals surface area contributed by atoms with Gasteiger partial charge in [0.2, 0.25) is 0 Å². The lowest BCUT2D eigenvalue weighted by Crippen LogP contribution is -2.25. The number of carbonyl (C=O) groups excluding carboxylic acids is 3. The Hall–Kier alpha value is -3.75. The number of hydrogen-bond acceptors (Lipinski definition) is 6. The van der Waals surface area contributed by atoms with Crippen molar-refractivity contribution in [3.05, 3.63) is 69.3 Å². The van der Waals surface area contributed by atoms with Gasteiger partial charge < -0.3 is 15.4 Å². The Labute approximate surface area is 160 Å². The standard InChI is InChI=1S/C19H19N3O6/c1-3-8-20-18(24)15-6-4-5-7-16(15)21-17(23)12-9-13(19(25)28-2)11-14(10-12)22(26)27/h4-7,9-11H,3,8H2,1-2H3,(H,20,24)(H,21,23). The van der Waals surface area contributed by atoms with Gasteiger partial charge in [-0.1, -0.05) is 19.1 Å². The molecule has 0 spiro atoms. The first kappa shape index (κ1) is 20.6. The number of methoxy groups -OCH3 is 1. The summed E-state index contributed by atoms with van der Waals surface area (Å²) < 4.78 is 4.57. The quantitative estimate of drug-likeness (QED) is 0.428. The number of anilines is 1. The molecule has 9 nitrogen and oxygen atoms in total. The molecule has 2 rings (SSSR count). The summed E-state index contributed by atoms with van der Waals surface area (Å²) in [6, 6.07) is 9.63. The first-order valence-corrected chi connectivity index (χ1v) is 8.43. The highest BCUT2D eigenvalue weighted by molar-refractivity contribution is 6.10. The van der Waals surface area contributed by atoms with E-state index >= 15 is 0 Å². The average molecular weight is 385 g/mol. The summed E-state index contributed by atoms with van der Waals surface area (Å²) in [7, 11) is 1.13. The molecule has 0 atom stereocenters. The molecule has 0 saturated heterocycles. The van der Waals surface area contributed by atoms with Crippen LogP contribution in [0.1, 0.15) is 44.4 Å². The van der Waals surface area contributed by atoms with Crippen molar-refractivity contribution < 1.29 is 24.0 Å². The summed E-state index contributed by atoms with van der Waals surface area (Å²) >= 11 is 0. The Bertz CT molecular complexity index is 926. The molecule has 2 aromatic carbocycles. The first-order chi connectivity index (χ1) is 13.4. The molecule has 0 saturated carbocycles. The largest absolute Gasteiger partial charge is 0.465 e. The Kier molecular flexibility index (Phi) is 6.80. The summed E-state index contributed by atoms with van der Waals surface area (Å²) in [6.07, 6.45) is 0.754. The van der Waals surface area contributed by atoms with Crippen LogP contribution in [0.3, 0.4) is 0 Å². The molecule has 0 aliphatic carbocycles. The Morgan fingerprint density at radius 3 is 2.39 bits per heavy atom. The van der Waals surface area contributed by atoms with Crippen molar-refractivity contribution in [2.45, 2.75) is 13.3 Å². The number of non-ortho nitro benzene ring substituents is 1. The molecular formula is C19H19N3O6. The van der Waals surface area contributed by atoms with Crippen molar-refractivity contribution >= 4 is 29.2 Å². The zero-order valence-corrected chi connectivity index (χ0v) is 15.4. The molecule has 0 aromatic heterocycles. The molecule has 2 amide bonds. The molecule has 28 heavy (non-hydrogen) atoms. The van der Waals surface area contributed by atoms with E-state index < -0.39 is 22.5 Å². The fourth-order valence-corrected chi connectivity index (χ4v) is 2.40. The molecule has 0 bridgehead atoms. The van der Waals surface area contributed by atoms with E-state index in [1.165, 1.54) is 12.1 Å². The van der Waals surface area contributed by atoms with Crippen LogP contribution in [-0.4, -0.2) is 36.4 Å². The van der Waals surface area contributed by atoms with Gasteiger partial charge in [-0.05, 0) is 24.6 Å². The number of esters is 1. The highest BCUT2D eigenvalue weighted by Crippen LogP contribution is 2.21. The monoisotopic (exact) mass is 385 g/mol. The Morgan fingerprint density at radius 1 is 1.07 bits per heavy atom. The van der Waals surface area contributed by atoms with Crippen molar-refractivity contribution in [2.24, 2.45) is 0 Å². The zero-order valence-electron chi connectivity index (χ0n) is 15.4. The molecule has 146 valence electrons. The van der Waals surface area contributed by atoms with E-state index in [-0.39, 0.29) is 28.3 Å². The SMILES string of the molecule is CCCNC(=O)c1ccccc1NC(=O)c1cc(C(=O)OC)cc([N+](=O)[O-])c1. The second-order valence-electron chi connectivity index (χ2n) is 5.77. The van der Waals surface area contributed by atoms with E-state index in [0.717, 1.165) is 25.7 Å². The van der Waals surface area contributed by atoms with E-state index in [1.54, 1.807) is 18.2 Å². The maximum atomic E-state index is 12.6. The number of nitrogens with zero attached hydrogens (tertiary/aromatic N) is 1. The van der Waals surface area contributed by atoms with Gasteiger partial charge in [0.25, 0.3) is 17.5 Å². The molecule has 2 aromatic rings. The number of benzene rings is 2. The van der Waals surface area contributed by atoms with Gasteiger partial charge in [0.05, 0.1) is 28.8 Å². The third-order valence-electron chi connectivity index (χ3n) is 3.77. The van der Waals surface area contributed by atoms with E-state index in [2.05, 4.69) is 15.4 Å². The summed E-state index contributed by atoms with van der Waals surface area (Å²) in [4.78, 5) is 47.0. The lowest BCUT2D eigenvalue weighted by atomic mass is 10.1. The van der Waals surface area contributed by atoms with Crippen LogP contribution in [0.4, 0.5) is 11.4 Å². The number of ether oxygens (including phenoxy) is 1. The minimum atomic E-state index is -0.808. The van der Waals surface area contributed by atoms with Gasteiger partial charge in [0, 0.05) is 24.2 Å². The zero-order chi connectivity index (χ0) is 20.7. The van der Waals surface area contributed by atoms with Crippen LogP contribution in [-0.2, 0) is 4.74 Å². The van der Waals surface area contributed by atoms with Gasteiger partial charge in [0.15, 0.2) is 0 Å². The van der Waals surface area contributed by atoms with Crippen LogP contribution in [0.2, 0.25) is 0 Å². The van der Waals surface area contributed by atoms with E-state index in [0.29, 0.717) is 6.54 Å². The topological polar surface area (TPSA) is 128 Å². The highest BCUT2D eigenvalue weighted by Gasteiger charge is 2.20. The van der Waals surface area contributed by atoms with Crippen molar-refractivity contribution in [1.82, 2.24) is 5.32 Å². The minimum Gasteiger partial charge on any atom is -0.465 e. The summed E-state index contributed by atoms with van der Waals surface area (Å²) in [6.45, 7) is 2.39. The van der Waals surface area contributed by atoms with Gasteiger partial charge in [0.1, 0.15) is 0 Å². The summed E-state index contributed by atoms with van der Waals surface area (Å²) in [5.74, 6) is -1.87. The second kappa shape index (κ2) is 9.26. The number of amides is 2. The molecule has 0 unspecified atom stereocenters. The molecule has 0 heterocycles. The number of nitro benzene ring substituents is 1. The maximum absolute atomic E-state index is 12.6. The van der Waals surface area contributed by atoms with Crippen molar-refractivity contribution in [1.29, 1.82) is 0 Å². The molecule has 2 N–H and O–H groups in total. The summed E-state index contributed by atoms with van der Waals surface area (Å²) in [5.41, 5.74) is -0.175. The number of hydrogen-bond donors (Lipinski definition) is 2. The molecule has 0 aliphatic rings. The fourth-order valence-electron chi connectivity index (χ4n) is 2.40. The van der Waals surface area contributed by atoms with Crippen LogP contribution in [0.15, 0.2) is 42.5 Å². The van der Waals surface area contributed by atoms with Crippen molar-refractivity contribution in [3.8, 4) is 0 Å². The molecule has 0 radical (unpaired) electrons. The number of rotatable bonds is 7. The number of nitro groups is 1. The first-order valence-electron chi connectivity index (χ1n) is 8.43. The smallest absolute Gasteiger partial charge is 0.338 e. The molecule has 0 fully saturated rings. The van der Waals surface area contributed by atoms with Gasteiger partial charge in [-0.25, -0.2) is 4.79 Å². The number of carbonyl (C=O) groups is 3. The average Bonchev–Trinajstić information content (AvgIpc) is 2.71. The maximum Gasteiger partial charge on any atom is 0.338 e. The summed E-state index contributed by atoms with van der Waals surface area (Å²) in [5, 5.41) is 16.4. The van der Waals surface area contributed by atoms with Crippen LogP contribution in [0.5, 0.6) is 0 Å². The van der Waals surface area contributed by atoms with Gasteiger partial charge >= 0.3 is 5.97 Å². The fraction of sp³-hybridized carbons (Fsp3) is 0.211. The van der Waals surface area contributed by atoms with E-state index in [4.69, 9.17) is 0 Å². The Balaban J connectivity index is 2.35. The normalized spacial score (nSPS) is 10.1. The molecule has 0 aliphatic heterocycles. The second-order valence-corrected chi connectivity index (χ2v) is 5.77. The van der Waals surface area contributed by atoms with E-state index in [9.17, 15) is 24.5 Å². The predicted octanol–water partition coefficient (Wildman–Crippen LogP) is 2.77. The Morgan fingerprint density at radius 2 is 1.75 bits per heavy atom. The van der Waals surface area contributed by atoms with Gasteiger partial charge in [-0.2, -0.15) is 0 Å². The highest BCUT2D eigenvalue weighted by atomic mass is 16.6. The van der Waals surface area contributed by atoms with Gasteiger partial charge in [-0.15, -0.1) is 0 Å². The molecule has 9 heteroatoms. The van der Waals surface area contributed by atoms with Crippen molar-refractivity contribution in [3.63, 3.8) is 0 Å². The van der Waals surface area contributed by atoms with Crippen LogP contribution >= 0.6 is 0 Å². The minimum absolute atomic E-state index is 0.113. The van der Waals surface area contributed by atoms with Crippen LogP contribution in [0.25, 0.3) is 0 Å². The predicted molar refractivity (Wildman–Crippen MR) is 101 cm³/mol. The number of para-hydroxylation sites is 1. The van der Waals surface area contributed by atoms with Gasteiger partial charge in [-0.3, -0.25) is 19.7 Å². The molecular weight excluding hydrogens is 366 g/mol. The lowest BCUT2D eigenvalue weighted by Gasteiger charge is -2.11. The van der Waals surface area contributed by atoms with Crippen LogP contribution in [0, 0.1) is 10.1 Å². The van der Waals surface area contributed by atoms with Crippen LogP contribution < -0.4 is 10.6 Å². The lowest BCUT2D eigenvalue weighted by molar-refractivity contribution is -0.384. The number of nitrogens with one attached hydrogen (secondary N) is 2. The van der Waals surface area contributed by atoms with Crippen molar-refractivity contribution in [2.75, 3.05) is 19.0 Å². The third kappa shape index (κ3) is 4.91.